The molecule has 0 aromatic carbocycles. The zero-order valence-electron chi connectivity index (χ0n) is 15.2. The van der Waals surface area contributed by atoms with Crippen LogP contribution in [0.5, 0.6) is 0 Å². The number of hydrogen-bond donors (Lipinski definition) is 0. The summed E-state index contributed by atoms with van der Waals surface area (Å²) in [6.45, 7) is 3.91. The van der Waals surface area contributed by atoms with Crippen LogP contribution in [-0.4, -0.2) is 51.6 Å². The van der Waals surface area contributed by atoms with Gasteiger partial charge in [0.15, 0.2) is 0 Å². The Bertz CT molecular complexity index is 361. The molecule has 2 rings (SSSR count). The molecule has 0 spiro atoms. The van der Waals surface area contributed by atoms with E-state index in [0.29, 0.717) is 39.6 Å². The van der Waals surface area contributed by atoms with Gasteiger partial charge in [-0.2, -0.15) is 0 Å². The van der Waals surface area contributed by atoms with Crippen LogP contribution < -0.4 is 0 Å². The summed E-state index contributed by atoms with van der Waals surface area (Å²) in [7, 11) is 0. The van der Waals surface area contributed by atoms with Gasteiger partial charge in [0.25, 0.3) is 0 Å². The monoisotopic (exact) mass is 356 g/mol. The van der Waals surface area contributed by atoms with Crippen molar-refractivity contribution in [3.8, 4) is 0 Å². The normalized spacial score (nSPS) is 24.0. The highest BCUT2D eigenvalue weighted by atomic mass is 16.5. The molecule has 0 amide bonds. The van der Waals surface area contributed by atoms with Crippen LogP contribution in [0.15, 0.2) is 0 Å². The number of rotatable bonds is 12. The molecule has 0 radical (unpaired) electrons. The van der Waals surface area contributed by atoms with Crippen molar-refractivity contribution in [1.82, 2.24) is 0 Å². The Kier molecular flexibility index (Phi) is 9.89. The third-order valence-corrected chi connectivity index (χ3v) is 4.81. The van der Waals surface area contributed by atoms with Gasteiger partial charge < -0.3 is 18.9 Å². The molecule has 2 heterocycles. The summed E-state index contributed by atoms with van der Waals surface area (Å²) in [5.41, 5.74) is 0. The second-order valence-corrected chi connectivity index (χ2v) is 6.88. The van der Waals surface area contributed by atoms with Crippen molar-refractivity contribution >= 4 is 11.9 Å². The molecule has 2 atom stereocenters. The maximum absolute atomic E-state index is 11.5. The largest absolute Gasteiger partial charge is 0.465 e. The lowest BCUT2D eigenvalue weighted by Gasteiger charge is -2.20. The van der Waals surface area contributed by atoms with Gasteiger partial charge in [0.05, 0.1) is 25.0 Å². The van der Waals surface area contributed by atoms with Crippen LogP contribution in [0.1, 0.15) is 57.8 Å². The Morgan fingerprint density at radius 1 is 0.720 bits per heavy atom. The van der Waals surface area contributed by atoms with Crippen LogP contribution in [-0.2, 0) is 28.5 Å². The fourth-order valence-corrected chi connectivity index (χ4v) is 3.33. The minimum atomic E-state index is -0.0406. The Hall–Kier alpha value is -1.14. The molecule has 2 aliphatic rings. The first-order chi connectivity index (χ1) is 12.3. The van der Waals surface area contributed by atoms with Crippen LogP contribution >= 0.6 is 0 Å². The first-order valence-corrected chi connectivity index (χ1v) is 9.76. The third kappa shape index (κ3) is 8.19. The van der Waals surface area contributed by atoms with Crippen molar-refractivity contribution < 1.29 is 28.5 Å². The quantitative estimate of drug-likeness (QED) is 0.395. The van der Waals surface area contributed by atoms with E-state index in [2.05, 4.69) is 0 Å². The fourth-order valence-electron chi connectivity index (χ4n) is 3.33. The van der Waals surface area contributed by atoms with Gasteiger partial charge in [0, 0.05) is 26.4 Å². The summed E-state index contributed by atoms with van der Waals surface area (Å²) in [5, 5.41) is 0. The van der Waals surface area contributed by atoms with E-state index in [1.54, 1.807) is 0 Å². The Morgan fingerprint density at radius 2 is 1.16 bits per heavy atom. The molecule has 0 aromatic rings. The fraction of sp³-hybridized carbons (Fsp3) is 0.895. The Morgan fingerprint density at radius 3 is 1.60 bits per heavy atom. The average molecular weight is 356 g/mol. The van der Waals surface area contributed by atoms with Gasteiger partial charge in [0.1, 0.15) is 0 Å². The number of esters is 2. The van der Waals surface area contributed by atoms with E-state index in [4.69, 9.17) is 18.9 Å². The van der Waals surface area contributed by atoms with Crippen LogP contribution in [0.2, 0.25) is 0 Å². The van der Waals surface area contributed by atoms with Crippen molar-refractivity contribution in [3.05, 3.63) is 0 Å². The molecule has 2 saturated heterocycles. The van der Waals surface area contributed by atoms with Gasteiger partial charge in [0.2, 0.25) is 0 Å². The van der Waals surface area contributed by atoms with Crippen molar-refractivity contribution in [2.24, 2.45) is 11.8 Å². The molecular weight excluding hydrogens is 324 g/mol. The van der Waals surface area contributed by atoms with Gasteiger partial charge in [-0.25, -0.2) is 0 Å². The maximum atomic E-state index is 11.5. The second kappa shape index (κ2) is 12.3. The molecule has 0 saturated carbocycles. The average Bonchev–Trinajstić information content (AvgIpc) is 2.62. The number of hydrogen-bond acceptors (Lipinski definition) is 6. The highest BCUT2D eigenvalue weighted by Crippen LogP contribution is 2.21. The Labute approximate surface area is 150 Å². The highest BCUT2D eigenvalue weighted by molar-refractivity contribution is 5.73. The molecule has 0 N–H and O–H groups in total. The van der Waals surface area contributed by atoms with E-state index in [9.17, 15) is 9.59 Å². The van der Waals surface area contributed by atoms with Crippen molar-refractivity contribution in [2.45, 2.75) is 57.8 Å². The SMILES string of the molecule is O=C1OCCCC1CCCOCCCOCCCC1CCCOC1=O. The van der Waals surface area contributed by atoms with Gasteiger partial charge in [-0.15, -0.1) is 0 Å². The molecule has 6 nitrogen and oxygen atoms in total. The molecule has 0 bridgehead atoms. The lowest BCUT2D eigenvalue weighted by Crippen LogP contribution is -2.24. The molecule has 0 aromatic heterocycles. The van der Waals surface area contributed by atoms with Crippen LogP contribution in [0.3, 0.4) is 0 Å². The molecule has 2 fully saturated rings. The second-order valence-electron chi connectivity index (χ2n) is 6.88. The number of carbonyl (C=O) groups is 2. The summed E-state index contributed by atoms with van der Waals surface area (Å²) in [5.74, 6) is 0.0616. The summed E-state index contributed by atoms with van der Waals surface area (Å²) >= 11 is 0. The zero-order chi connectivity index (χ0) is 17.7. The van der Waals surface area contributed by atoms with Gasteiger partial charge in [-0.1, -0.05) is 0 Å². The van der Waals surface area contributed by atoms with Crippen LogP contribution in [0, 0.1) is 11.8 Å². The van der Waals surface area contributed by atoms with E-state index in [1.165, 1.54) is 0 Å². The highest BCUT2D eigenvalue weighted by Gasteiger charge is 2.23. The molecule has 6 heteroatoms. The summed E-state index contributed by atoms with van der Waals surface area (Å²) < 4.78 is 21.3. The maximum Gasteiger partial charge on any atom is 0.308 e. The van der Waals surface area contributed by atoms with Crippen molar-refractivity contribution in [3.63, 3.8) is 0 Å². The van der Waals surface area contributed by atoms with Crippen LogP contribution in [0.4, 0.5) is 0 Å². The zero-order valence-corrected chi connectivity index (χ0v) is 15.2. The molecule has 25 heavy (non-hydrogen) atoms. The summed E-state index contributed by atoms with van der Waals surface area (Å²) in [6, 6.07) is 0. The van der Waals surface area contributed by atoms with E-state index in [0.717, 1.165) is 57.8 Å². The third-order valence-electron chi connectivity index (χ3n) is 4.81. The predicted octanol–water partition coefficient (Wildman–Crippen LogP) is 2.88. The summed E-state index contributed by atoms with van der Waals surface area (Å²) in [4.78, 5) is 23.0. The van der Waals surface area contributed by atoms with E-state index >= 15 is 0 Å². The number of cyclic esters (lactones) is 2. The van der Waals surface area contributed by atoms with E-state index < -0.39 is 0 Å². The molecular formula is C19H32O6. The molecule has 0 aliphatic carbocycles. The molecule has 2 aliphatic heterocycles. The number of ether oxygens (including phenoxy) is 4. The Balaban J connectivity index is 1.33. The predicted molar refractivity (Wildman–Crippen MR) is 92.1 cm³/mol. The van der Waals surface area contributed by atoms with E-state index in [1.807, 2.05) is 0 Å². The van der Waals surface area contributed by atoms with Gasteiger partial charge in [-0.05, 0) is 57.8 Å². The molecule has 144 valence electrons. The van der Waals surface area contributed by atoms with Crippen molar-refractivity contribution in [1.29, 1.82) is 0 Å². The summed E-state index contributed by atoms with van der Waals surface area (Å²) in [6.07, 6.45) is 8.26. The van der Waals surface area contributed by atoms with Gasteiger partial charge >= 0.3 is 11.9 Å². The minimum Gasteiger partial charge on any atom is -0.465 e. The lowest BCUT2D eigenvalue weighted by molar-refractivity contribution is -0.154. The first-order valence-electron chi connectivity index (χ1n) is 9.76. The molecule has 2 unspecified atom stereocenters. The standard InChI is InChI=1S/C19H32O6/c20-18-16(8-3-14-24-18)6-1-10-22-12-5-13-23-11-2-7-17-9-4-15-25-19(17)21/h16-17H,1-15H2. The van der Waals surface area contributed by atoms with Gasteiger partial charge in [-0.3, -0.25) is 9.59 Å². The number of carbonyl (C=O) groups excluding carboxylic acids is 2. The topological polar surface area (TPSA) is 71.1 Å². The minimum absolute atomic E-state index is 0.0406. The van der Waals surface area contributed by atoms with E-state index in [-0.39, 0.29) is 23.8 Å². The smallest absolute Gasteiger partial charge is 0.308 e. The lowest BCUT2D eigenvalue weighted by atomic mass is 9.96. The van der Waals surface area contributed by atoms with Crippen molar-refractivity contribution in [2.75, 3.05) is 39.6 Å². The van der Waals surface area contributed by atoms with Crippen LogP contribution in [0.25, 0.3) is 0 Å². The first kappa shape index (κ1) is 20.2.